The lowest BCUT2D eigenvalue weighted by molar-refractivity contribution is -0.116. The van der Waals surface area contributed by atoms with Crippen molar-refractivity contribution in [2.45, 2.75) is 25.9 Å². The van der Waals surface area contributed by atoms with Crippen LogP contribution in [0.25, 0.3) is 0 Å². The summed E-state index contributed by atoms with van der Waals surface area (Å²) in [5.74, 6) is 0.314. The molecule has 0 bridgehead atoms. The molecule has 17 heavy (non-hydrogen) atoms. The van der Waals surface area contributed by atoms with Crippen molar-refractivity contribution in [1.29, 1.82) is 0 Å². The Morgan fingerprint density at radius 1 is 1.59 bits per heavy atom. The molecule has 1 rings (SSSR count). The molecule has 1 heterocycles. The van der Waals surface area contributed by atoms with E-state index in [0.717, 1.165) is 0 Å². The molecule has 1 aromatic heterocycles. The van der Waals surface area contributed by atoms with Gasteiger partial charge in [-0.3, -0.25) is 4.79 Å². The lowest BCUT2D eigenvalue weighted by Crippen LogP contribution is -2.16. The Bertz CT molecular complexity index is 401. The number of rotatable bonds is 5. The molecule has 7 heteroatoms. The first-order valence-electron chi connectivity index (χ1n) is 5.03. The molecule has 0 saturated heterocycles. The minimum absolute atomic E-state index is 0.0696. The van der Waals surface area contributed by atoms with Crippen LogP contribution in [0.5, 0.6) is 0 Å². The number of aromatic nitrogens is 2. The number of ether oxygens (including phenoxy) is 1. The fraction of sp³-hybridized carbons (Fsp3) is 0.500. The molecule has 1 N–H and O–H groups in total. The maximum absolute atomic E-state index is 11.6. The molecule has 0 aromatic carbocycles. The SMILES string of the molecule is COC(C)CCC(=O)Nc1ncc(Br)nc1Br. The molecule has 0 radical (unpaired) electrons. The quantitative estimate of drug-likeness (QED) is 0.870. The Balaban J connectivity index is 2.50. The van der Waals surface area contributed by atoms with Crippen LogP contribution in [0, 0.1) is 0 Å². The largest absolute Gasteiger partial charge is 0.382 e. The van der Waals surface area contributed by atoms with Crippen LogP contribution in [0.1, 0.15) is 19.8 Å². The first-order chi connectivity index (χ1) is 8.02. The third kappa shape index (κ3) is 5.10. The summed E-state index contributed by atoms with van der Waals surface area (Å²) in [6.07, 6.45) is 2.65. The summed E-state index contributed by atoms with van der Waals surface area (Å²) in [5.41, 5.74) is 0. The fourth-order valence-corrected chi connectivity index (χ4v) is 1.99. The van der Waals surface area contributed by atoms with E-state index in [1.54, 1.807) is 7.11 Å². The number of nitrogens with one attached hydrogen (secondary N) is 1. The highest BCUT2D eigenvalue weighted by molar-refractivity contribution is 9.11. The van der Waals surface area contributed by atoms with Crippen molar-refractivity contribution in [3.05, 3.63) is 15.4 Å². The summed E-state index contributed by atoms with van der Waals surface area (Å²) in [6, 6.07) is 0. The van der Waals surface area contributed by atoms with E-state index in [0.29, 0.717) is 27.9 Å². The molecule has 1 atom stereocenters. The maximum Gasteiger partial charge on any atom is 0.225 e. The molecular weight excluding hydrogens is 354 g/mol. The number of hydrogen-bond donors (Lipinski definition) is 1. The third-order valence-corrected chi connectivity index (χ3v) is 3.07. The lowest BCUT2D eigenvalue weighted by Gasteiger charge is -2.09. The van der Waals surface area contributed by atoms with Crippen molar-refractivity contribution in [3.63, 3.8) is 0 Å². The highest BCUT2D eigenvalue weighted by Gasteiger charge is 2.10. The number of anilines is 1. The summed E-state index contributed by atoms with van der Waals surface area (Å²) in [6.45, 7) is 1.92. The van der Waals surface area contributed by atoms with Crippen LogP contribution >= 0.6 is 31.9 Å². The Morgan fingerprint density at radius 3 is 2.88 bits per heavy atom. The number of halogens is 2. The first-order valence-corrected chi connectivity index (χ1v) is 6.62. The molecule has 1 amide bonds. The zero-order chi connectivity index (χ0) is 12.8. The normalized spacial score (nSPS) is 12.2. The average molecular weight is 367 g/mol. The van der Waals surface area contributed by atoms with Crippen molar-refractivity contribution in [2.75, 3.05) is 12.4 Å². The van der Waals surface area contributed by atoms with Gasteiger partial charge >= 0.3 is 0 Å². The van der Waals surface area contributed by atoms with Gasteiger partial charge in [-0.15, -0.1) is 0 Å². The topological polar surface area (TPSA) is 64.1 Å². The van der Waals surface area contributed by atoms with Crippen molar-refractivity contribution in [2.24, 2.45) is 0 Å². The van der Waals surface area contributed by atoms with Gasteiger partial charge in [0.05, 0.1) is 12.3 Å². The maximum atomic E-state index is 11.6. The highest BCUT2D eigenvalue weighted by atomic mass is 79.9. The highest BCUT2D eigenvalue weighted by Crippen LogP contribution is 2.19. The Hall–Kier alpha value is -0.530. The second kappa shape index (κ2) is 7.03. The Labute approximate surface area is 117 Å². The number of carbonyl (C=O) groups is 1. The van der Waals surface area contributed by atoms with Gasteiger partial charge in [0.1, 0.15) is 9.21 Å². The molecule has 0 aliphatic carbocycles. The van der Waals surface area contributed by atoms with E-state index < -0.39 is 0 Å². The number of nitrogens with zero attached hydrogens (tertiary/aromatic N) is 2. The van der Waals surface area contributed by atoms with E-state index in [1.165, 1.54) is 6.20 Å². The molecule has 5 nitrogen and oxygen atoms in total. The van der Waals surface area contributed by atoms with Gasteiger partial charge in [-0.2, -0.15) is 0 Å². The van der Waals surface area contributed by atoms with E-state index in [-0.39, 0.29) is 12.0 Å². The number of hydrogen-bond acceptors (Lipinski definition) is 4. The van der Waals surface area contributed by atoms with E-state index in [2.05, 4.69) is 47.1 Å². The summed E-state index contributed by atoms with van der Waals surface area (Å²) in [7, 11) is 1.62. The Kier molecular flexibility index (Phi) is 6.01. The average Bonchev–Trinajstić information content (AvgIpc) is 2.29. The minimum Gasteiger partial charge on any atom is -0.382 e. The van der Waals surface area contributed by atoms with Crippen LogP contribution in [0.15, 0.2) is 15.4 Å². The van der Waals surface area contributed by atoms with Gasteiger partial charge in [-0.1, -0.05) is 0 Å². The first kappa shape index (κ1) is 14.5. The molecule has 0 fully saturated rings. The van der Waals surface area contributed by atoms with Gasteiger partial charge in [-0.05, 0) is 45.2 Å². The van der Waals surface area contributed by atoms with Gasteiger partial charge in [-0.25, -0.2) is 9.97 Å². The Morgan fingerprint density at radius 2 is 2.29 bits per heavy atom. The van der Waals surface area contributed by atoms with Crippen LogP contribution in [0.2, 0.25) is 0 Å². The molecule has 1 unspecified atom stereocenters. The van der Waals surface area contributed by atoms with Crippen LogP contribution in [-0.4, -0.2) is 29.1 Å². The summed E-state index contributed by atoms with van der Waals surface area (Å²) in [5, 5.41) is 2.68. The summed E-state index contributed by atoms with van der Waals surface area (Å²) in [4.78, 5) is 19.7. The van der Waals surface area contributed by atoms with Gasteiger partial charge in [0, 0.05) is 13.5 Å². The van der Waals surface area contributed by atoms with Crippen molar-refractivity contribution in [3.8, 4) is 0 Å². The van der Waals surface area contributed by atoms with Crippen molar-refractivity contribution >= 4 is 43.6 Å². The fourth-order valence-electron chi connectivity index (χ4n) is 1.08. The van der Waals surface area contributed by atoms with Crippen molar-refractivity contribution in [1.82, 2.24) is 9.97 Å². The molecule has 94 valence electrons. The molecule has 0 aliphatic heterocycles. The summed E-state index contributed by atoms with van der Waals surface area (Å²) >= 11 is 6.42. The van der Waals surface area contributed by atoms with Gasteiger partial charge < -0.3 is 10.1 Å². The van der Waals surface area contributed by atoms with Gasteiger partial charge in [0.25, 0.3) is 0 Å². The van der Waals surface area contributed by atoms with E-state index >= 15 is 0 Å². The van der Waals surface area contributed by atoms with Crippen LogP contribution in [0.4, 0.5) is 5.82 Å². The molecule has 0 saturated carbocycles. The second-order valence-electron chi connectivity index (χ2n) is 3.47. The number of methoxy groups -OCH3 is 1. The zero-order valence-electron chi connectivity index (χ0n) is 9.54. The standard InChI is InChI=1S/C10H13Br2N3O2/c1-6(17-2)3-4-8(16)15-10-9(12)14-7(11)5-13-10/h5-6H,3-4H2,1-2H3,(H,13,15,16). The molecule has 0 aliphatic rings. The predicted molar refractivity (Wildman–Crippen MR) is 71.8 cm³/mol. The lowest BCUT2D eigenvalue weighted by atomic mass is 10.2. The van der Waals surface area contributed by atoms with Gasteiger partial charge in [0.2, 0.25) is 5.91 Å². The second-order valence-corrected chi connectivity index (χ2v) is 5.03. The van der Waals surface area contributed by atoms with Crippen molar-refractivity contribution < 1.29 is 9.53 Å². The zero-order valence-corrected chi connectivity index (χ0v) is 12.7. The van der Waals surface area contributed by atoms with Crippen LogP contribution < -0.4 is 5.32 Å². The minimum atomic E-state index is -0.105. The van der Waals surface area contributed by atoms with E-state index in [4.69, 9.17) is 4.74 Å². The van der Waals surface area contributed by atoms with Crippen LogP contribution in [0.3, 0.4) is 0 Å². The molecular formula is C10H13Br2N3O2. The predicted octanol–water partition coefficient (Wildman–Crippen LogP) is 2.76. The van der Waals surface area contributed by atoms with E-state index in [9.17, 15) is 4.79 Å². The van der Waals surface area contributed by atoms with E-state index in [1.807, 2.05) is 6.92 Å². The number of amides is 1. The van der Waals surface area contributed by atoms with Crippen LogP contribution in [-0.2, 0) is 9.53 Å². The molecule has 1 aromatic rings. The smallest absolute Gasteiger partial charge is 0.225 e. The summed E-state index contributed by atoms with van der Waals surface area (Å²) < 4.78 is 6.17. The monoisotopic (exact) mass is 365 g/mol. The number of carbonyl (C=O) groups excluding carboxylic acids is 1. The molecule has 0 spiro atoms. The van der Waals surface area contributed by atoms with Gasteiger partial charge in [0.15, 0.2) is 5.82 Å². The third-order valence-electron chi connectivity index (χ3n) is 2.14.